The third-order valence-electron chi connectivity index (χ3n) is 7.27. The number of amides is 2. The van der Waals surface area contributed by atoms with Crippen LogP contribution in [-0.4, -0.2) is 39.5 Å². The van der Waals surface area contributed by atoms with Crippen LogP contribution in [0.1, 0.15) is 67.8 Å². The van der Waals surface area contributed by atoms with Gasteiger partial charge in [-0.2, -0.15) is 0 Å². The Morgan fingerprint density at radius 2 is 1.97 bits per heavy atom. The van der Waals surface area contributed by atoms with Gasteiger partial charge in [0.2, 0.25) is 5.91 Å². The summed E-state index contributed by atoms with van der Waals surface area (Å²) in [6, 6.07) is 11.6. The summed E-state index contributed by atoms with van der Waals surface area (Å²) >= 11 is 0. The number of hydrogen-bond donors (Lipinski definition) is 1. The molecular formula is C27H33N3O4. The van der Waals surface area contributed by atoms with Gasteiger partial charge in [-0.3, -0.25) is 9.59 Å². The first-order valence-corrected chi connectivity index (χ1v) is 12.3. The summed E-state index contributed by atoms with van der Waals surface area (Å²) in [4.78, 5) is 29.5. The predicted molar refractivity (Wildman–Crippen MR) is 130 cm³/mol. The zero-order valence-electron chi connectivity index (χ0n) is 20.2. The summed E-state index contributed by atoms with van der Waals surface area (Å²) in [5, 5.41) is 3.28. The van der Waals surface area contributed by atoms with Crippen molar-refractivity contribution in [1.29, 1.82) is 0 Å². The van der Waals surface area contributed by atoms with E-state index in [0.717, 1.165) is 48.3 Å². The normalized spacial score (nSPS) is 21.0. The molecule has 0 spiro atoms. The van der Waals surface area contributed by atoms with Gasteiger partial charge in [0.1, 0.15) is 22.7 Å². The minimum Gasteiger partial charge on any atom is -0.494 e. The summed E-state index contributed by atoms with van der Waals surface area (Å²) < 4.78 is 13.6. The number of nitrogens with zero attached hydrogens (tertiary/aromatic N) is 2. The SMILES string of the molecule is CCOc1ccccc1CN1C(=O)c2cc3oc(C)cc3n2CC1(C)C(=O)NC1CCCCC1. The van der Waals surface area contributed by atoms with Crippen LogP contribution in [0.15, 0.2) is 40.8 Å². The molecule has 1 saturated carbocycles. The molecule has 1 N–H and O–H groups in total. The molecule has 2 aromatic heterocycles. The van der Waals surface area contributed by atoms with Gasteiger partial charge in [-0.05, 0) is 39.7 Å². The zero-order valence-corrected chi connectivity index (χ0v) is 20.2. The van der Waals surface area contributed by atoms with Gasteiger partial charge in [-0.15, -0.1) is 0 Å². The Balaban J connectivity index is 1.55. The number of ether oxygens (including phenoxy) is 1. The van der Waals surface area contributed by atoms with Crippen LogP contribution in [-0.2, 0) is 17.9 Å². The van der Waals surface area contributed by atoms with Crippen molar-refractivity contribution in [1.82, 2.24) is 14.8 Å². The molecule has 3 heterocycles. The average Bonchev–Trinajstić information content (AvgIpc) is 3.35. The van der Waals surface area contributed by atoms with E-state index < -0.39 is 5.54 Å². The largest absolute Gasteiger partial charge is 0.494 e. The highest BCUT2D eigenvalue weighted by atomic mass is 16.5. The minimum atomic E-state index is -1.06. The highest BCUT2D eigenvalue weighted by Crippen LogP contribution is 2.36. The number of carbonyl (C=O) groups excluding carboxylic acids is 2. The highest BCUT2D eigenvalue weighted by Gasteiger charge is 2.48. The van der Waals surface area contributed by atoms with Gasteiger partial charge < -0.3 is 23.9 Å². The number of para-hydroxylation sites is 1. The maximum atomic E-state index is 13.9. The first kappa shape index (κ1) is 22.6. The molecule has 7 heteroatoms. The molecule has 1 aliphatic carbocycles. The molecule has 2 amide bonds. The topological polar surface area (TPSA) is 76.7 Å². The number of nitrogens with one attached hydrogen (secondary N) is 1. The van der Waals surface area contributed by atoms with E-state index in [9.17, 15) is 9.59 Å². The molecule has 7 nitrogen and oxygen atoms in total. The second-order valence-electron chi connectivity index (χ2n) is 9.74. The maximum absolute atomic E-state index is 13.9. The lowest BCUT2D eigenvalue weighted by atomic mass is 9.91. The van der Waals surface area contributed by atoms with Crippen LogP contribution in [0.4, 0.5) is 0 Å². The molecular weight excluding hydrogens is 430 g/mol. The number of fused-ring (bicyclic) bond motifs is 3. The maximum Gasteiger partial charge on any atom is 0.271 e. The van der Waals surface area contributed by atoms with Gasteiger partial charge in [-0.25, -0.2) is 0 Å². The van der Waals surface area contributed by atoms with Gasteiger partial charge in [0.25, 0.3) is 5.91 Å². The number of aromatic nitrogens is 1. The smallest absolute Gasteiger partial charge is 0.271 e. The quantitative estimate of drug-likeness (QED) is 0.569. The van der Waals surface area contributed by atoms with E-state index in [0.29, 0.717) is 24.4 Å². The number of furan rings is 1. The van der Waals surface area contributed by atoms with Crippen LogP contribution in [0.2, 0.25) is 0 Å². The molecule has 1 unspecified atom stereocenters. The summed E-state index contributed by atoms with van der Waals surface area (Å²) in [7, 11) is 0. The van der Waals surface area contributed by atoms with Crippen LogP contribution in [0, 0.1) is 6.92 Å². The Kier molecular flexibility index (Phi) is 5.88. The minimum absolute atomic E-state index is 0.102. The van der Waals surface area contributed by atoms with E-state index in [-0.39, 0.29) is 24.4 Å². The number of benzene rings is 1. The van der Waals surface area contributed by atoms with Crippen LogP contribution in [0.5, 0.6) is 5.75 Å². The van der Waals surface area contributed by atoms with Crippen molar-refractivity contribution in [3.63, 3.8) is 0 Å². The number of rotatable bonds is 6. The zero-order chi connectivity index (χ0) is 23.9. The third-order valence-corrected chi connectivity index (χ3v) is 7.27. The number of hydrogen-bond acceptors (Lipinski definition) is 4. The van der Waals surface area contributed by atoms with Crippen LogP contribution in [0.3, 0.4) is 0 Å². The second kappa shape index (κ2) is 8.85. The molecule has 0 bridgehead atoms. The van der Waals surface area contributed by atoms with Crippen molar-refractivity contribution in [2.45, 2.75) is 77.5 Å². The van der Waals surface area contributed by atoms with Gasteiger partial charge in [0.15, 0.2) is 5.58 Å². The summed E-state index contributed by atoms with van der Waals surface area (Å²) in [6.07, 6.45) is 5.45. The highest BCUT2D eigenvalue weighted by molar-refractivity contribution is 6.03. The van der Waals surface area contributed by atoms with E-state index >= 15 is 0 Å². The lowest BCUT2D eigenvalue weighted by Gasteiger charge is -2.45. The van der Waals surface area contributed by atoms with Crippen LogP contribution in [0.25, 0.3) is 11.1 Å². The van der Waals surface area contributed by atoms with E-state index in [2.05, 4.69) is 5.32 Å². The summed E-state index contributed by atoms with van der Waals surface area (Å²) in [5.41, 5.74) is 1.90. The van der Waals surface area contributed by atoms with Crippen LogP contribution >= 0.6 is 0 Å². The lowest BCUT2D eigenvalue weighted by molar-refractivity contribution is -0.134. The van der Waals surface area contributed by atoms with Crippen molar-refractivity contribution in [2.24, 2.45) is 0 Å². The molecule has 34 heavy (non-hydrogen) atoms. The van der Waals surface area contributed by atoms with Crippen molar-refractivity contribution < 1.29 is 18.7 Å². The monoisotopic (exact) mass is 463 g/mol. The van der Waals surface area contributed by atoms with Crippen molar-refractivity contribution >= 4 is 22.9 Å². The van der Waals surface area contributed by atoms with Crippen molar-refractivity contribution in [2.75, 3.05) is 6.61 Å². The Labute approximate surface area is 200 Å². The van der Waals surface area contributed by atoms with E-state index in [1.807, 2.05) is 55.7 Å². The second-order valence-corrected chi connectivity index (χ2v) is 9.74. The Morgan fingerprint density at radius 1 is 1.21 bits per heavy atom. The summed E-state index contributed by atoms with van der Waals surface area (Å²) in [5.74, 6) is 1.24. The fourth-order valence-corrected chi connectivity index (χ4v) is 5.40. The van der Waals surface area contributed by atoms with Gasteiger partial charge in [0.05, 0.1) is 25.2 Å². The molecule has 1 fully saturated rings. The van der Waals surface area contributed by atoms with E-state index in [4.69, 9.17) is 9.15 Å². The molecule has 2 aliphatic rings. The molecule has 180 valence electrons. The number of carbonyl (C=O) groups is 2. The Morgan fingerprint density at radius 3 is 2.74 bits per heavy atom. The molecule has 0 saturated heterocycles. The molecule has 1 aliphatic heterocycles. The number of aryl methyl sites for hydroxylation is 1. The third kappa shape index (κ3) is 3.87. The van der Waals surface area contributed by atoms with Crippen molar-refractivity contribution in [3.05, 3.63) is 53.4 Å². The van der Waals surface area contributed by atoms with Gasteiger partial charge in [-0.1, -0.05) is 37.5 Å². The fourth-order valence-electron chi connectivity index (χ4n) is 5.40. The van der Waals surface area contributed by atoms with Crippen LogP contribution < -0.4 is 10.1 Å². The van der Waals surface area contributed by atoms with Crippen molar-refractivity contribution in [3.8, 4) is 5.75 Å². The first-order valence-electron chi connectivity index (χ1n) is 12.3. The standard InChI is InChI=1S/C27H33N3O4/c1-4-33-23-13-9-8-10-19(23)16-30-25(31)22-15-24-21(14-18(2)34-24)29(22)17-27(30,3)26(32)28-20-11-6-5-7-12-20/h8-10,13-15,20H,4-7,11-12,16-17H2,1-3H3,(H,28,32). The van der Waals surface area contributed by atoms with Gasteiger partial charge >= 0.3 is 0 Å². The van der Waals surface area contributed by atoms with E-state index in [1.54, 1.807) is 11.0 Å². The molecule has 3 aromatic rings. The Bertz CT molecular complexity index is 1220. The fraction of sp³-hybridized carbons (Fsp3) is 0.481. The van der Waals surface area contributed by atoms with Gasteiger partial charge in [0, 0.05) is 23.7 Å². The molecule has 1 aromatic carbocycles. The molecule has 0 radical (unpaired) electrons. The molecule has 1 atom stereocenters. The Hall–Kier alpha value is -3.22. The molecule has 5 rings (SSSR count). The predicted octanol–water partition coefficient (Wildman–Crippen LogP) is 4.81. The summed E-state index contributed by atoms with van der Waals surface area (Å²) in [6.45, 7) is 6.90. The average molecular weight is 464 g/mol. The first-order chi connectivity index (χ1) is 16.4. The lowest BCUT2D eigenvalue weighted by Crippen LogP contribution is -2.64. The van der Waals surface area contributed by atoms with E-state index in [1.165, 1.54) is 6.42 Å².